The Morgan fingerprint density at radius 2 is 2.00 bits per heavy atom. The van der Waals surface area contributed by atoms with Crippen molar-refractivity contribution in [2.45, 2.75) is 31.7 Å². The molecule has 9 heteroatoms. The molecule has 25 heavy (non-hydrogen) atoms. The molecule has 1 atom stereocenters. The van der Waals surface area contributed by atoms with E-state index in [4.69, 9.17) is 9.26 Å². The van der Waals surface area contributed by atoms with E-state index in [0.29, 0.717) is 24.4 Å². The zero-order chi connectivity index (χ0) is 18.0. The van der Waals surface area contributed by atoms with Gasteiger partial charge in [0, 0.05) is 6.42 Å². The van der Waals surface area contributed by atoms with Gasteiger partial charge in [-0.1, -0.05) is 17.3 Å². The van der Waals surface area contributed by atoms with Gasteiger partial charge in [-0.2, -0.15) is 13.2 Å². The first-order valence-electron chi connectivity index (χ1n) is 7.52. The Hall–Kier alpha value is -2.42. The average Bonchev–Trinajstić information content (AvgIpc) is 2.98. The maximum absolute atomic E-state index is 13.0. The van der Waals surface area contributed by atoms with E-state index in [1.165, 1.54) is 12.1 Å². The first-order valence-corrected chi connectivity index (χ1v) is 7.52. The van der Waals surface area contributed by atoms with Crippen LogP contribution in [0.5, 0.6) is 0 Å². The first kappa shape index (κ1) is 17.4. The Morgan fingerprint density at radius 1 is 1.28 bits per heavy atom. The molecule has 0 saturated heterocycles. The van der Waals surface area contributed by atoms with Crippen molar-refractivity contribution in [2.75, 3.05) is 6.61 Å². The predicted molar refractivity (Wildman–Crippen MR) is 77.1 cm³/mol. The third-order valence-electron chi connectivity index (χ3n) is 3.82. The van der Waals surface area contributed by atoms with E-state index in [1.54, 1.807) is 0 Å². The lowest BCUT2D eigenvalue weighted by Crippen LogP contribution is -2.33. The van der Waals surface area contributed by atoms with Gasteiger partial charge in [-0.3, -0.25) is 4.79 Å². The van der Waals surface area contributed by atoms with Crippen LogP contribution in [0, 0.1) is 5.82 Å². The van der Waals surface area contributed by atoms with Crippen LogP contribution in [-0.2, 0) is 17.8 Å². The van der Waals surface area contributed by atoms with E-state index < -0.39 is 30.4 Å². The topological polar surface area (TPSA) is 64.4 Å². The van der Waals surface area contributed by atoms with Crippen LogP contribution in [0.15, 0.2) is 28.8 Å². The number of nitrogens with zero attached hydrogens (tertiary/aromatic N) is 1. The normalized spacial score (nSPS) is 15.5. The number of carbonyl (C=O) groups is 1. The van der Waals surface area contributed by atoms with Crippen molar-refractivity contribution >= 4 is 5.91 Å². The van der Waals surface area contributed by atoms with Gasteiger partial charge < -0.3 is 14.6 Å². The summed E-state index contributed by atoms with van der Waals surface area (Å²) in [5.41, 5.74) is 0.485. The number of aromatic nitrogens is 1. The minimum Gasteiger partial charge on any atom is -0.376 e. The molecule has 0 bridgehead atoms. The number of carbonyl (C=O) groups excluding carboxylic acids is 1. The van der Waals surface area contributed by atoms with Crippen LogP contribution >= 0.6 is 0 Å². The van der Waals surface area contributed by atoms with Crippen LogP contribution in [0.25, 0.3) is 0 Å². The van der Waals surface area contributed by atoms with Gasteiger partial charge in [0.15, 0.2) is 5.69 Å². The molecule has 2 aromatic rings. The second-order valence-corrected chi connectivity index (χ2v) is 5.63. The molecule has 1 aliphatic rings. The number of benzene rings is 1. The highest BCUT2D eigenvalue weighted by Crippen LogP contribution is 2.30. The summed E-state index contributed by atoms with van der Waals surface area (Å²) in [7, 11) is 0. The molecule has 134 valence electrons. The molecule has 0 spiro atoms. The minimum absolute atomic E-state index is 0.0935. The van der Waals surface area contributed by atoms with E-state index in [2.05, 4.69) is 10.5 Å². The fourth-order valence-corrected chi connectivity index (χ4v) is 2.61. The highest BCUT2D eigenvalue weighted by Gasteiger charge is 2.35. The Labute approximate surface area is 139 Å². The lowest BCUT2D eigenvalue weighted by molar-refractivity contribution is -0.139. The maximum Gasteiger partial charge on any atom is 0.391 e. The second-order valence-electron chi connectivity index (χ2n) is 5.63. The van der Waals surface area contributed by atoms with Gasteiger partial charge in [-0.25, -0.2) is 4.39 Å². The van der Waals surface area contributed by atoms with E-state index in [9.17, 15) is 22.4 Å². The van der Waals surface area contributed by atoms with Crippen molar-refractivity contribution in [3.8, 4) is 0 Å². The molecule has 2 heterocycles. The molecule has 0 radical (unpaired) electrons. The molecule has 1 N–H and O–H groups in total. The van der Waals surface area contributed by atoms with Gasteiger partial charge >= 0.3 is 6.18 Å². The number of fused-ring (bicyclic) bond motifs is 1. The molecule has 5 nitrogen and oxygen atoms in total. The smallest absolute Gasteiger partial charge is 0.376 e. The minimum atomic E-state index is -4.52. The predicted octanol–water partition coefficient (Wildman–Crippen LogP) is 3.31. The van der Waals surface area contributed by atoms with Crippen LogP contribution < -0.4 is 5.32 Å². The number of halogens is 4. The Kier molecular flexibility index (Phi) is 4.76. The third kappa shape index (κ3) is 4.16. The molecule has 0 aliphatic carbocycles. The fourth-order valence-electron chi connectivity index (χ4n) is 2.61. The summed E-state index contributed by atoms with van der Waals surface area (Å²) in [4.78, 5) is 12.4. The summed E-state index contributed by atoms with van der Waals surface area (Å²) in [6, 6.07) is 3.11. The van der Waals surface area contributed by atoms with Crippen molar-refractivity contribution in [3.63, 3.8) is 0 Å². The van der Waals surface area contributed by atoms with Gasteiger partial charge in [0.2, 0.25) is 0 Å². The maximum atomic E-state index is 13.0. The molecule has 1 aromatic heterocycles. The average molecular weight is 358 g/mol. The quantitative estimate of drug-likeness (QED) is 0.852. The Balaban J connectivity index is 1.83. The van der Waals surface area contributed by atoms with Crippen molar-refractivity contribution < 1.29 is 31.6 Å². The first-order chi connectivity index (χ1) is 11.8. The summed E-state index contributed by atoms with van der Waals surface area (Å²) < 4.78 is 61.9. The zero-order valence-corrected chi connectivity index (χ0v) is 12.9. The van der Waals surface area contributed by atoms with Crippen LogP contribution in [-0.4, -0.2) is 23.8 Å². The molecule has 0 saturated carbocycles. The molecule has 1 unspecified atom stereocenters. The van der Waals surface area contributed by atoms with Crippen LogP contribution in [0.3, 0.4) is 0 Å². The van der Waals surface area contributed by atoms with E-state index in [-0.39, 0.29) is 17.9 Å². The summed E-state index contributed by atoms with van der Waals surface area (Å²) in [5.74, 6) is -0.886. The van der Waals surface area contributed by atoms with Gasteiger partial charge in [0.25, 0.3) is 5.91 Å². The molecule has 1 aliphatic heterocycles. The van der Waals surface area contributed by atoms with Gasteiger partial charge in [0.1, 0.15) is 11.6 Å². The lowest BCUT2D eigenvalue weighted by atomic mass is 10.0. The van der Waals surface area contributed by atoms with Gasteiger partial charge in [0.05, 0.1) is 31.2 Å². The molecule has 3 rings (SSSR count). The SMILES string of the molecule is O=C(NC(CC(F)(F)F)c1ccc(F)cc1)c1noc2c1COCC2. The number of hydrogen-bond acceptors (Lipinski definition) is 4. The molecule has 1 amide bonds. The highest BCUT2D eigenvalue weighted by molar-refractivity contribution is 5.94. The molecular formula is C16H14F4N2O3. The van der Waals surface area contributed by atoms with Crippen molar-refractivity contribution in [1.29, 1.82) is 0 Å². The summed E-state index contributed by atoms with van der Waals surface area (Å²) >= 11 is 0. The van der Waals surface area contributed by atoms with Crippen molar-refractivity contribution in [3.05, 3.63) is 52.7 Å². The molecule has 1 aromatic carbocycles. The summed E-state index contributed by atoms with van der Waals surface area (Å²) in [5, 5.41) is 5.95. The van der Waals surface area contributed by atoms with E-state index in [0.717, 1.165) is 12.1 Å². The summed E-state index contributed by atoms with van der Waals surface area (Å²) in [6.07, 6.45) is -5.36. The second kappa shape index (κ2) is 6.83. The number of amides is 1. The third-order valence-corrected chi connectivity index (χ3v) is 3.82. The number of alkyl halides is 3. The number of ether oxygens (including phenoxy) is 1. The Morgan fingerprint density at radius 3 is 2.68 bits per heavy atom. The van der Waals surface area contributed by atoms with E-state index >= 15 is 0 Å². The highest BCUT2D eigenvalue weighted by atomic mass is 19.4. The number of rotatable bonds is 4. The number of nitrogens with one attached hydrogen (secondary N) is 1. The standard InChI is InChI=1S/C16H14F4N2O3/c17-10-3-1-9(2-4-10)12(7-16(18,19)20)21-15(23)14-11-8-24-6-5-13(11)25-22-14/h1-4,12H,5-8H2,(H,21,23). The van der Waals surface area contributed by atoms with Crippen molar-refractivity contribution in [1.82, 2.24) is 10.5 Å². The fraction of sp³-hybridized carbons (Fsp3) is 0.375. The van der Waals surface area contributed by atoms with E-state index in [1.807, 2.05) is 0 Å². The zero-order valence-electron chi connectivity index (χ0n) is 12.9. The largest absolute Gasteiger partial charge is 0.391 e. The summed E-state index contributed by atoms with van der Waals surface area (Å²) in [6.45, 7) is 0.539. The van der Waals surface area contributed by atoms with Crippen LogP contribution in [0.1, 0.15) is 39.8 Å². The van der Waals surface area contributed by atoms with Gasteiger partial charge in [-0.05, 0) is 17.7 Å². The monoisotopic (exact) mass is 358 g/mol. The number of hydrogen-bond donors (Lipinski definition) is 1. The molecule has 0 fully saturated rings. The Bertz CT molecular complexity index is 756. The van der Waals surface area contributed by atoms with Crippen LogP contribution in [0.2, 0.25) is 0 Å². The van der Waals surface area contributed by atoms with Crippen LogP contribution in [0.4, 0.5) is 17.6 Å². The lowest BCUT2D eigenvalue weighted by Gasteiger charge is -2.20. The molecular weight excluding hydrogens is 344 g/mol. The van der Waals surface area contributed by atoms with Gasteiger partial charge in [-0.15, -0.1) is 0 Å². The van der Waals surface area contributed by atoms with Crippen molar-refractivity contribution in [2.24, 2.45) is 0 Å².